The average molecular weight is 397 g/mol. The lowest BCUT2D eigenvalue weighted by Gasteiger charge is -2.09. The fourth-order valence-corrected chi connectivity index (χ4v) is 3.81. The summed E-state index contributed by atoms with van der Waals surface area (Å²) < 4.78 is 7.21. The van der Waals surface area contributed by atoms with E-state index in [4.69, 9.17) is 4.74 Å². The third-order valence-electron chi connectivity index (χ3n) is 4.22. The summed E-state index contributed by atoms with van der Waals surface area (Å²) in [4.78, 5) is 12.4. The van der Waals surface area contributed by atoms with Crippen LogP contribution in [0.4, 0.5) is 5.69 Å². The Balaban J connectivity index is 1.68. The zero-order chi connectivity index (χ0) is 20.1. The van der Waals surface area contributed by atoms with Gasteiger partial charge in [-0.3, -0.25) is 4.79 Å². The number of aromatic nitrogens is 3. The SMILES string of the molecule is CCn1c(SCC(=O)Nc2cc(C)cc(C)c2)nnc1-c1ccc(OC)cc1. The molecule has 7 heteroatoms. The van der Waals surface area contributed by atoms with Crippen LogP contribution in [-0.4, -0.2) is 33.5 Å². The van der Waals surface area contributed by atoms with Crippen LogP contribution >= 0.6 is 11.8 Å². The van der Waals surface area contributed by atoms with Crippen LogP contribution in [0.1, 0.15) is 18.1 Å². The standard InChI is InChI=1S/C21H24N4O2S/c1-5-25-20(16-6-8-18(27-4)9-7-16)23-24-21(25)28-13-19(26)22-17-11-14(2)10-15(3)12-17/h6-12H,5,13H2,1-4H3,(H,22,26). The molecule has 1 amide bonds. The number of anilines is 1. The number of hydrogen-bond donors (Lipinski definition) is 1. The van der Waals surface area contributed by atoms with Crippen molar-refractivity contribution in [3.05, 3.63) is 53.6 Å². The third-order valence-corrected chi connectivity index (χ3v) is 5.19. The van der Waals surface area contributed by atoms with Gasteiger partial charge in [0.2, 0.25) is 5.91 Å². The van der Waals surface area contributed by atoms with E-state index in [0.29, 0.717) is 0 Å². The lowest BCUT2D eigenvalue weighted by molar-refractivity contribution is -0.113. The first-order valence-corrected chi connectivity index (χ1v) is 10.1. The van der Waals surface area contributed by atoms with Crippen LogP contribution in [0, 0.1) is 13.8 Å². The number of carbonyl (C=O) groups excluding carboxylic acids is 1. The van der Waals surface area contributed by atoms with Gasteiger partial charge in [0.25, 0.3) is 0 Å². The second-order valence-corrected chi connectivity index (χ2v) is 7.43. The number of nitrogens with one attached hydrogen (secondary N) is 1. The van der Waals surface area contributed by atoms with E-state index in [2.05, 4.69) is 21.6 Å². The van der Waals surface area contributed by atoms with Gasteiger partial charge in [0.15, 0.2) is 11.0 Å². The van der Waals surface area contributed by atoms with Gasteiger partial charge in [-0.05, 0) is 68.3 Å². The van der Waals surface area contributed by atoms with E-state index in [1.807, 2.05) is 61.7 Å². The smallest absolute Gasteiger partial charge is 0.234 e. The first kappa shape index (κ1) is 19.9. The number of thioether (sulfide) groups is 1. The molecule has 0 spiro atoms. The monoisotopic (exact) mass is 396 g/mol. The van der Waals surface area contributed by atoms with Gasteiger partial charge in [0.1, 0.15) is 5.75 Å². The molecule has 0 saturated heterocycles. The van der Waals surface area contributed by atoms with Crippen LogP contribution in [-0.2, 0) is 11.3 Å². The minimum atomic E-state index is -0.0633. The maximum absolute atomic E-state index is 12.4. The molecular formula is C21H24N4O2S. The molecule has 0 saturated carbocycles. The highest BCUT2D eigenvalue weighted by atomic mass is 32.2. The van der Waals surface area contributed by atoms with Gasteiger partial charge in [-0.25, -0.2) is 0 Å². The second-order valence-electron chi connectivity index (χ2n) is 6.49. The van der Waals surface area contributed by atoms with Crippen molar-refractivity contribution in [1.29, 1.82) is 0 Å². The van der Waals surface area contributed by atoms with E-state index in [-0.39, 0.29) is 11.7 Å². The fourth-order valence-electron chi connectivity index (χ4n) is 3.01. The highest BCUT2D eigenvalue weighted by Crippen LogP contribution is 2.25. The summed E-state index contributed by atoms with van der Waals surface area (Å²) in [5.41, 5.74) is 4.02. The van der Waals surface area contributed by atoms with Crippen molar-refractivity contribution in [3.8, 4) is 17.1 Å². The highest BCUT2D eigenvalue weighted by molar-refractivity contribution is 7.99. The predicted octanol–water partition coefficient (Wildman–Crippen LogP) is 4.32. The molecule has 1 aromatic heterocycles. The van der Waals surface area contributed by atoms with Crippen LogP contribution in [0.2, 0.25) is 0 Å². The molecule has 3 rings (SSSR count). The predicted molar refractivity (Wildman–Crippen MR) is 113 cm³/mol. The van der Waals surface area contributed by atoms with Gasteiger partial charge in [-0.2, -0.15) is 0 Å². The number of amides is 1. The van der Waals surface area contributed by atoms with Crippen molar-refractivity contribution in [2.24, 2.45) is 0 Å². The van der Waals surface area contributed by atoms with Gasteiger partial charge in [-0.1, -0.05) is 17.8 Å². The van der Waals surface area contributed by atoms with Crippen LogP contribution in [0.15, 0.2) is 47.6 Å². The summed E-state index contributed by atoms with van der Waals surface area (Å²) in [5.74, 6) is 1.78. The minimum absolute atomic E-state index is 0.0633. The summed E-state index contributed by atoms with van der Waals surface area (Å²) in [6.07, 6.45) is 0. The average Bonchev–Trinajstić information content (AvgIpc) is 3.08. The van der Waals surface area contributed by atoms with Gasteiger partial charge in [0, 0.05) is 17.8 Å². The zero-order valence-electron chi connectivity index (χ0n) is 16.5. The highest BCUT2D eigenvalue weighted by Gasteiger charge is 2.15. The Bertz CT molecular complexity index is 947. The number of rotatable bonds is 7. The fraction of sp³-hybridized carbons (Fsp3) is 0.286. The number of aryl methyl sites for hydroxylation is 2. The largest absolute Gasteiger partial charge is 0.497 e. The molecule has 28 heavy (non-hydrogen) atoms. The zero-order valence-corrected chi connectivity index (χ0v) is 17.3. The van der Waals surface area contributed by atoms with Crippen molar-refractivity contribution in [1.82, 2.24) is 14.8 Å². The van der Waals surface area contributed by atoms with E-state index in [1.165, 1.54) is 11.8 Å². The molecule has 0 fully saturated rings. The summed E-state index contributed by atoms with van der Waals surface area (Å²) in [6.45, 7) is 6.79. The van der Waals surface area contributed by atoms with Crippen molar-refractivity contribution < 1.29 is 9.53 Å². The van der Waals surface area contributed by atoms with E-state index in [0.717, 1.165) is 45.7 Å². The molecule has 0 aliphatic rings. The molecule has 146 valence electrons. The molecule has 0 aliphatic carbocycles. The van der Waals surface area contributed by atoms with Crippen LogP contribution in [0.3, 0.4) is 0 Å². The Kier molecular flexibility index (Phi) is 6.36. The van der Waals surface area contributed by atoms with E-state index >= 15 is 0 Å². The molecule has 2 aromatic carbocycles. The van der Waals surface area contributed by atoms with Gasteiger partial charge in [-0.15, -0.1) is 10.2 Å². The summed E-state index contributed by atoms with van der Waals surface area (Å²) >= 11 is 1.38. The Hall–Kier alpha value is -2.80. The van der Waals surface area contributed by atoms with Crippen molar-refractivity contribution in [3.63, 3.8) is 0 Å². The number of ether oxygens (including phenoxy) is 1. The summed E-state index contributed by atoms with van der Waals surface area (Å²) in [5, 5.41) is 12.3. The van der Waals surface area contributed by atoms with Crippen LogP contribution in [0.5, 0.6) is 5.75 Å². The normalized spacial score (nSPS) is 10.7. The summed E-state index contributed by atoms with van der Waals surface area (Å²) in [7, 11) is 1.64. The summed E-state index contributed by atoms with van der Waals surface area (Å²) in [6, 6.07) is 13.7. The first-order valence-electron chi connectivity index (χ1n) is 9.08. The Morgan fingerprint density at radius 2 is 1.79 bits per heavy atom. The maximum atomic E-state index is 12.4. The molecule has 1 N–H and O–H groups in total. The molecule has 0 unspecified atom stereocenters. The number of nitrogens with zero attached hydrogens (tertiary/aromatic N) is 3. The minimum Gasteiger partial charge on any atom is -0.497 e. The molecule has 6 nitrogen and oxygen atoms in total. The van der Waals surface area contributed by atoms with Gasteiger partial charge < -0.3 is 14.6 Å². The number of benzene rings is 2. The first-order chi connectivity index (χ1) is 13.5. The number of carbonyl (C=O) groups is 1. The van der Waals surface area contributed by atoms with Crippen LogP contribution < -0.4 is 10.1 Å². The van der Waals surface area contributed by atoms with Crippen molar-refractivity contribution in [2.45, 2.75) is 32.5 Å². The molecule has 0 atom stereocenters. The molecule has 3 aromatic rings. The van der Waals surface area contributed by atoms with Gasteiger partial charge >= 0.3 is 0 Å². The molecule has 0 bridgehead atoms. The van der Waals surface area contributed by atoms with Crippen molar-refractivity contribution in [2.75, 3.05) is 18.2 Å². The second kappa shape index (κ2) is 8.93. The quantitative estimate of drug-likeness (QED) is 0.602. The van der Waals surface area contributed by atoms with E-state index in [1.54, 1.807) is 7.11 Å². The van der Waals surface area contributed by atoms with E-state index < -0.39 is 0 Å². The van der Waals surface area contributed by atoms with E-state index in [9.17, 15) is 4.79 Å². The number of hydrogen-bond acceptors (Lipinski definition) is 5. The van der Waals surface area contributed by atoms with Crippen LogP contribution in [0.25, 0.3) is 11.4 Å². The molecule has 0 aliphatic heterocycles. The lowest BCUT2D eigenvalue weighted by Crippen LogP contribution is -2.15. The third kappa shape index (κ3) is 4.72. The molecule has 0 radical (unpaired) electrons. The lowest BCUT2D eigenvalue weighted by atomic mass is 10.1. The Labute approximate surface area is 169 Å². The van der Waals surface area contributed by atoms with Gasteiger partial charge in [0.05, 0.1) is 12.9 Å². The topological polar surface area (TPSA) is 69.0 Å². The number of methoxy groups -OCH3 is 1. The Morgan fingerprint density at radius 1 is 1.11 bits per heavy atom. The van der Waals surface area contributed by atoms with Crippen molar-refractivity contribution >= 4 is 23.4 Å². The molecule has 1 heterocycles. The maximum Gasteiger partial charge on any atom is 0.234 e. The Morgan fingerprint density at radius 3 is 2.39 bits per heavy atom. The molecular weight excluding hydrogens is 372 g/mol.